The second-order valence-electron chi connectivity index (χ2n) is 5.12. The molecule has 3 atom stereocenters. The van der Waals surface area contributed by atoms with Gasteiger partial charge in [-0.2, -0.15) is 0 Å². The Balaban J connectivity index is 1.81. The van der Waals surface area contributed by atoms with Gasteiger partial charge in [0.15, 0.2) is 5.79 Å². The summed E-state index contributed by atoms with van der Waals surface area (Å²) in [4.78, 5) is 2.46. The van der Waals surface area contributed by atoms with Crippen molar-refractivity contribution in [3.63, 3.8) is 0 Å². The Labute approximate surface area is 97.5 Å². The maximum atomic E-state index is 9.03. The van der Waals surface area contributed by atoms with Crippen LogP contribution >= 0.6 is 0 Å². The fourth-order valence-electron chi connectivity index (χ4n) is 2.78. The molecule has 0 spiro atoms. The molecule has 4 nitrogen and oxygen atoms in total. The molecule has 0 aromatic carbocycles. The number of nitrogens with zero attached hydrogens (tertiary/aromatic N) is 1. The molecule has 0 aromatic rings. The molecule has 2 aliphatic rings. The number of hydrogen-bond donors (Lipinski definition) is 1. The minimum Gasteiger partial charge on any atom is -0.394 e. The zero-order valence-electron chi connectivity index (χ0n) is 10.3. The van der Waals surface area contributed by atoms with Gasteiger partial charge in [-0.3, -0.25) is 0 Å². The van der Waals surface area contributed by atoms with Crippen LogP contribution in [0, 0.1) is 5.92 Å². The summed E-state index contributed by atoms with van der Waals surface area (Å²) in [5.41, 5.74) is 0. The molecule has 3 unspecified atom stereocenters. The van der Waals surface area contributed by atoms with Crippen molar-refractivity contribution in [2.75, 3.05) is 32.8 Å². The summed E-state index contributed by atoms with van der Waals surface area (Å²) in [6.07, 6.45) is 2.05. The molecule has 2 rings (SSSR count). The molecule has 2 saturated heterocycles. The number of aliphatic hydroxyl groups excluding tert-OH is 1. The normalized spacial score (nSPS) is 40.7. The number of hydrogen-bond acceptors (Lipinski definition) is 4. The largest absolute Gasteiger partial charge is 0.394 e. The van der Waals surface area contributed by atoms with Gasteiger partial charge in [0.05, 0.1) is 13.2 Å². The van der Waals surface area contributed by atoms with Crippen LogP contribution < -0.4 is 0 Å². The molecule has 16 heavy (non-hydrogen) atoms. The van der Waals surface area contributed by atoms with Gasteiger partial charge in [-0.05, 0) is 32.4 Å². The highest BCUT2D eigenvalue weighted by Gasteiger charge is 2.39. The van der Waals surface area contributed by atoms with Crippen molar-refractivity contribution < 1.29 is 14.6 Å². The van der Waals surface area contributed by atoms with Crippen LogP contribution in [0.1, 0.15) is 26.7 Å². The first-order valence-electron chi connectivity index (χ1n) is 6.30. The lowest BCUT2D eigenvalue weighted by molar-refractivity contribution is -0.168. The highest BCUT2D eigenvalue weighted by Crippen LogP contribution is 2.33. The van der Waals surface area contributed by atoms with E-state index in [1.807, 2.05) is 6.92 Å². The third-order valence-electron chi connectivity index (χ3n) is 3.67. The first-order valence-corrected chi connectivity index (χ1v) is 6.30. The average Bonchev–Trinajstić information content (AvgIpc) is 2.85. The molecule has 0 radical (unpaired) electrons. The SMILES string of the molecule is CCN1CCC(CC2(C)OCC(CO)O2)C1. The van der Waals surface area contributed by atoms with Crippen molar-refractivity contribution in [3.05, 3.63) is 0 Å². The molecule has 2 fully saturated rings. The molecule has 0 aliphatic carbocycles. The smallest absolute Gasteiger partial charge is 0.166 e. The highest BCUT2D eigenvalue weighted by atomic mass is 16.7. The zero-order chi connectivity index (χ0) is 11.6. The van der Waals surface area contributed by atoms with Crippen molar-refractivity contribution in [2.45, 2.75) is 38.6 Å². The van der Waals surface area contributed by atoms with E-state index >= 15 is 0 Å². The first kappa shape index (κ1) is 12.3. The maximum absolute atomic E-state index is 9.03. The van der Waals surface area contributed by atoms with Crippen LogP contribution in [0.4, 0.5) is 0 Å². The third kappa shape index (κ3) is 2.74. The van der Waals surface area contributed by atoms with Gasteiger partial charge in [-0.25, -0.2) is 0 Å². The number of likely N-dealkylation sites (tertiary alicyclic amines) is 1. The van der Waals surface area contributed by atoms with Crippen molar-refractivity contribution in [2.24, 2.45) is 5.92 Å². The summed E-state index contributed by atoms with van der Waals surface area (Å²) in [6, 6.07) is 0. The summed E-state index contributed by atoms with van der Waals surface area (Å²) < 4.78 is 11.4. The van der Waals surface area contributed by atoms with Crippen LogP contribution in [0.3, 0.4) is 0 Å². The molecule has 4 heteroatoms. The standard InChI is InChI=1S/C12H23NO3/c1-3-13-5-4-10(7-13)6-12(2)15-9-11(8-14)16-12/h10-11,14H,3-9H2,1-2H3. The van der Waals surface area contributed by atoms with Crippen LogP contribution in [0.15, 0.2) is 0 Å². The molecule has 0 saturated carbocycles. The van der Waals surface area contributed by atoms with E-state index in [2.05, 4.69) is 11.8 Å². The van der Waals surface area contributed by atoms with Gasteiger partial charge >= 0.3 is 0 Å². The van der Waals surface area contributed by atoms with Crippen molar-refractivity contribution in [3.8, 4) is 0 Å². The van der Waals surface area contributed by atoms with Gasteiger partial charge < -0.3 is 19.5 Å². The lowest BCUT2D eigenvalue weighted by Gasteiger charge is -2.26. The fraction of sp³-hybridized carbons (Fsp3) is 1.00. The van der Waals surface area contributed by atoms with Crippen LogP contribution in [0.25, 0.3) is 0 Å². The monoisotopic (exact) mass is 229 g/mol. The lowest BCUT2D eigenvalue weighted by atomic mass is 9.99. The van der Waals surface area contributed by atoms with Gasteiger partial charge in [0.1, 0.15) is 6.10 Å². The topological polar surface area (TPSA) is 41.9 Å². The van der Waals surface area contributed by atoms with Crippen molar-refractivity contribution >= 4 is 0 Å². The van der Waals surface area contributed by atoms with Crippen molar-refractivity contribution in [1.82, 2.24) is 4.90 Å². The predicted octanol–water partition coefficient (Wildman–Crippen LogP) is 0.842. The van der Waals surface area contributed by atoms with Gasteiger partial charge in [0.25, 0.3) is 0 Å². The molecule has 1 N–H and O–H groups in total. The molecular formula is C12H23NO3. The Bertz CT molecular complexity index is 236. The maximum Gasteiger partial charge on any atom is 0.166 e. The van der Waals surface area contributed by atoms with E-state index in [1.165, 1.54) is 13.0 Å². The molecule has 0 aromatic heterocycles. The Morgan fingerprint density at radius 3 is 2.88 bits per heavy atom. The fourth-order valence-corrected chi connectivity index (χ4v) is 2.78. The highest BCUT2D eigenvalue weighted by molar-refractivity contribution is 4.82. The van der Waals surface area contributed by atoms with E-state index < -0.39 is 5.79 Å². The Morgan fingerprint density at radius 1 is 1.50 bits per heavy atom. The molecule has 0 bridgehead atoms. The van der Waals surface area contributed by atoms with E-state index in [9.17, 15) is 0 Å². The van der Waals surface area contributed by atoms with E-state index in [0.29, 0.717) is 12.5 Å². The Hall–Kier alpha value is -0.160. The average molecular weight is 229 g/mol. The Morgan fingerprint density at radius 2 is 2.31 bits per heavy atom. The first-order chi connectivity index (χ1) is 7.65. The van der Waals surface area contributed by atoms with E-state index in [-0.39, 0.29) is 12.7 Å². The molecule has 0 amide bonds. The second kappa shape index (κ2) is 5.00. The molecule has 94 valence electrons. The van der Waals surface area contributed by atoms with Gasteiger partial charge in [0.2, 0.25) is 0 Å². The van der Waals surface area contributed by atoms with Crippen molar-refractivity contribution in [1.29, 1.82) is 0 Å². The number of rotatable bonds is 4. The summed E-state index contributed by atoms with van der Waals surface area (Å²) in [5.74, 6) is 0.198. The van der Waals surface area contributed by atoms with Gasteiger partial charge in [0, 0.05) is 13.0 Å². The summed E-state index contributed by atoms with van der Waals surface area (Å²) in [7, 11) is 0. The van der Waals surface area contributed by atoms with Crippen LogP contribution in [-0.4, -0.2) is 54.7 Å². The molecule has 2 heterocycles. The minimum atomic E-state index is -0.470. The van der Waals surface area contributed by atoms with Gasteiger partial charge in [-0.1, -0.05) is 6.92 Å². The quantitative estimate of drug-likeness (QED) is 0.776. The van der Waals surface area contributed by atoms with Crippen LogP contribution in [0.5, 0.6) is 0 Å². The molecule has 2 aliphatic heterocycles. The number of aliphatic hydroxyl groups is 1. The zero-order valence-corrected chi connectivity index (χ0v) is 10.3. The summed E-state index contributed by atoms with van der Waals surface area (Å²) in [6.45, 7) is 8.27. The van der Waals surface area contributed by atoms with Crippen LogP contribution in [0.2, 0.25) is 0 Å². The second-order valence-corrected chi connectivity index (χ2v) is 5.12. The predicted molar refractivity (Wildman–Crippen MR) is 61.2 cm³/mol. The third-order valence-corrected chi connectivity index (χ3v) is 3.67. The van der Waals surface area contributed by atoms with E-state index in [1.54, 1.807) is 0 Å². The lowest BCUT2D eigenvalue weighted by Crippen LogP contribution is -2.31. The Kier molecular flexibility index (Phi) is 3.85. The van der Waals surface area contributed by atoms with E-state index in [4.69, 9.17) is 14.6 Å². The molecular weight excluding hydrogens is 206 g/mol. The van der Waals surface area contributed by atoms with Gasteiger partial charge in [-0.15, -0.1) is 0 Å². The van der Waals surface area contributed by atoms with Crippen LogP contribution in [-0.2, 0) is 9.47 Å². The minimum absolute atomic E-state index is 0.0569. The van der Waals surface area contributed by atoms with E-state index in [0.717, 1.165) is 19.5 Å². The number of ether oxygens (including phenoxy) is 2. The summed E-state index contributed by atoms with van der Waals surface area (Å²) in [5, 5.41) is 9.03. The summed E-state index contributed by atoms with van der Waals surface area (Å²) >= 11 is 0.